The molecule has 7 heteroatoms. The van der Waals surface area contributed by atoms with Gasteiger partial charge in [-0.15, -0.1) is 0 Å². The van der Waals surface area contributed by atoms with Gasteiger partial charge in [0.25, 0.3) is 5.91 Å². The van der Waals surface area contributed by atoms with Gasteiger partial charge in [-0.3, -0.25) is 4.79 Å². The fourth-order valence-electron chi connectivity index (χ4n) is 4.04. The van der Waals surface area contributed by atoms with Gasteiger partial charge in [-0.1, -0.05) is 59.6 Å². The number of nitrogens with zero attached hydrogens (tertiary/aromatic N) is 2. The van der Waals surface area contributed by atoms with E-state index < -0.39 is 0 Å². The summed E-state index contributed by atoms with van der Waals surface area (Å²) >= 11 is 13.5. The summed E-state index contributed by atoms with van der Waals surface area (Å²) in [5.74, 6) is -0.155. The molecule has 0 atom stereocenters. The van der Waals surface area contributed by atoms with Crippen LogP contribution in [0.1, 0.15) is 22.4 Å². The number of halogens is 2. The Kier molecular flexibility index (Phi) is 6.26. The summed E-state index contributed by atoms with van der Waals surface area (Å²) in [6.07, 6.45) is 1.96. The van der Waals surface area contributed by atoms with Crippen molar-refractivity contribution in [1.82, 2.24) is 9.88 Å². The monoisotopic (exact) mass is 505 g/mol. The topological polar surface area (TPSA) is 46.4 Å². The summed E-state index contributed by atoms with van der Waals surface area (Å²) < 4.78 is 2.27. The number of hydrogen-bond donors (Lipinski definition) is 1. The highest BCUT2D eigenvalue weighted by atomic mass is 35.5. The van der Waals surface area contributed by atoms with Crippen LogP contribution in [0.25, 0.3) is 17.0 Å². The lowest BCUT2D eigenvalue weighted by Gasteiger charge is -2.09. The van der Waals surface area contributed by atoms with Crippen LogP contribution in [0.4, 0.5) is 5.69 Å². The Morgan fingerprint density at radius 2 is 1.74 bits per heavy atom. The molecule has 0 saturated carbocycles. The predicted octanol–water partition coefficient (Wildman–Crippen LogP) is 7.50. The lowest BCUT2D eigenvalue weighted by molar-refractivity contribution is -0.115. The zero-order chi connectivity index (χ0) is 23.8. The summed E-state index contributed by atoms with van der Waals surface area (Å²) in [5, 5.41) is 5.86. The minimum Gasteiger partial charge on any atom is -0.340 e. The predicted molar refractivity (Wildman–Crippen MR) is 144 cm³/mol. The summed E-state index contributed by atoms with van der Waals surface area (Å²) in [4.78, 5) is 18.0. The summed E-state index contributed by atoms with van der Waals surface area (Å²) in [6.45, 7) is 4.77. The Morgan fingerprint density at radius 3 is 2.53 bits per heavy atom. The molecule has 3 aromatic carbocycles. The molecule has 0 spiro atoms. The Morgan fingerprint density at radius 1 is 1.00 bits per heavy atom. The van der Waals surface area contributed by atoms with Crippen molar-refractivity contribution in [3.05, 3.63) is 104 Å². The molecule has 5 rings (SSSR count). The molecule has 1 amide bonds. The number of fused-ring (bicyclic) bond motifs is 1. The molecule has 4 aromatic rings. The summed E-state index contributed by atoms with van der Waals surface area (Å²) in [6, 6.07) is 21.7. The zero-order valence-corrected chi connectivity index (χ0v) is 20.9. The maximum absolute atomic E-state index is 12.8. The molecule has 170 valence electrons. The third-order valence-corrected chi connectivity index (χ3v) is 7.25. The van der Waals surface area contributed by atoms with Crippen molar-refractivity contribution in [2.45, 2.75) is 20.4 Å². The Bertz CT molecular complexity index is 1490. The second kappa shape index (κ2) is 9.34. The van der Waals surface area contributed by atoms with Gasteiger partial charge in [0.2, 0.25) is 0 Å². The fourth-order valence-corrected chi connectivity index (χ4v) is 5.15. The van der Waals surface area contributed by atoms with Crippen molar-refractivity contribution in [1.29, 1.82) is 0 Å². The Hall–Kier alpha value is -2.99. The number of para-hydroxylation sites is 1. The molecule has 0 bridgehead atoms. The minimum atomic E-state index is -0.155. The molecule has 0 radical (unpaired) electrons. The third-order valence-electron chi connectivity index (χ3n) is 5.85. The van der Waals surface area contributed by atoms with Crippen LogP contribution in [-0.4, -0.2) is 15.6 Å². The van der Waals surface area contributed by atoms with Crippen molar-refractivity contribution in [2.75, 3.05) is 0 Å². The van der Waals surface area contributed by atoms with Crippen LogP contribution in [0, 0.1) is 13.8 Å². The van der Waals surface area contributed by atoms with E-state index in [2.05, 4.69) is 33.9 Å². The van der Waals surface area contributed by atoms with E-state index in [9.17, 15) is 4.79 Å². The standard InChI is InChI=1S/C27H21Cl2N3OS/c1-16-7-10-20(29)13-23(16)30-27-31-26(33)25(34-27)14-22-17(2)32(24-6-4-3-5-21(22)24)15-18-8-11-19(28)12-9-18/h3-14H,15H2,1-2H3,(H,30,31,33)/b25-14-. The van der Waals surface area contributed by atoms with Gasteiger partial charge in [-0.25, -0.2) is 4.99 Å². The molecule has 0 unspecified atom stereocenters. The van der Waals surface area contributed by atoms with E-state index in [1.807, 2.05) is 61.5 Å². The molecule has 1 saturated heterocycles. The number of nitrogens with one attached hydrogen (secondary N) is 1. The first-order valence-electron chi connectivity index (χ1n) is 10.8. The number of aromatic nitrogens is 1. The number of aliphatic imine (C=N–C) groups is 1. The highest BCUT2D eigenvalue weighted by Gasteiger charge is 2.25. The maximum atomic E-state index is 12.8. The molecule has 0 aliphatic carbocycles. The summed E-state index contributed by atoms with van der Waals surface area (Å²) in [5.41, 5.74) is 6.13. The molecule has 1 fully saturated rings. The van der Waals surface area contributed by atoms with Crippen molar-refractivity contribution in [3.8, 4) is 0 Å². The fraction of sp³-hybridized carbons (Fsp3) is 0.111. The smallest absolute Gasteiger partial charge is 0.264 e. The number of amides is 1. The quantitative estimate of drug-likeness (QED) is 0.291. The van der Waals surface area contributed by atoms with Gasteiger partial charge in [0, 0.05) is 38.8 Å². The molecule has 4 nitrogen and oxygen atoms in total. The number of thioether (sulfide) groups is 1. The van der Waals surface area contributed by atoms with Crippen molar-refractivity contribution >= 4 is 68.7 Å². The van der Waals surface area contributed by atoms with Gasteiger partial charge in [-0.2, -0.15) is 0 Å². The molecule has 1 aliphatic rings. The first-order valence-corrected chi connectivity index (χ1v) is 12.3. The normalized spacial score (nSPS) is 16.1. The summed E-state index contributed by atoms with van der Waals surface area (Å²) in [7, 11) is 0. The number of carbonyl (C=O) groups is 1. The average molecular weight is 506 g/mol. The third kappa shape index (κ3) is 4.51. The second-order valence-electron chi connectivity index (χ2n) is 8.14. The minimum absolute atomic E-state index is 0.155. The molecular weight excluding hydrogens is 485 g/mol. The van der Waals surface area contributed by atoms with Gasteiger partial charge < -0.3 is 9.88 Å². The van der Waals surface area contributed by atoms with Crippen LogP contribution >= 0.6 is 35.0 Å². The van der Waals surface area contributed by atoms with E-state index in [4.69, 9.17) is 23.2 Å². The van der Waals surface area contributed by atoms with E-state index in [0.29, 0.717) is 21.6 Å². The average Bonchev–Trinajstić information content (AvgIpc) is 3.29. The lowest BCUT2D eigenvalue weighted by atomic mass is 10.1. The van der Waals surface area contributed by atoms with Crippen molar-refractivity contribution in [2.24, 2.45) is 4.99 Å². The van der Waals surface area contributed by atoms with Gasteiger partial charge in [0.1, 0.15) is 0 Å². The van der Waals surface area contributed by atoms with Gasteiger partial charge >= 0.3 is 0 Å². The van der Waals surface area contributed by atoms with Gasteiger partial charge in [-0.05, 0) is 73.1 Å². The van der Waals surface area contributed by atoms with E-state index in [1.54, 1.807) is 6.07 Å². The van der Waals surface area contributed by atoms with Crippen LogP contribution in [0.15, 0.2) is 76.6 Å². The van der Waals surface area contributed by atoms with Crippen molar-refractivity contribution < 1.29 is 4.79 Å². The van der Waals surface area contributed by atoms with Crippen molar-refractivity contribution in [3.63, 3.8) is 0 Å². The van der Waals surface area contributed by atoms with Crippen LogP contribution < -0.4 is 5.32 Å². The van der Waals surface area contributed by atoms with Crippen LogP contribution in [0.2, 0.25) is 10.0 Å². The van der Waals surface area contributed by atoms with Crippen LogP contribution in [0.3, 0.4) is 0 Å². The number of benzene rings is 3. The SMILES string of the molecule is Cc1ccc(Cl)cc1N=C1NC(=O)/C(=C/c2c(C)n(Cc3ccc(Cl)cc3)c3ccccc23)S1. The molecule has 1 aromatic heterocycles. The Labute approximate surface area is 212 Å². The number of rotatable bonds is 4. The number of aryl methyl sites for hydroxylation is 1. The lowest BCUT2D eigenvalue weighted by Crippen LogP contribution is -2.19. The second-order valence-corrected chi connectivity index (χ2v) is 10.0. The first kappa shape index (κ1) is 22.8. The van der Waals surface area contributed by atoms with Crippen LogP contribution in [0.5, 0.6) is 0 Å². The molecule has 2 heterocycles. The van der Waals surface area contributed by atoms with E-state index in [0.717, 1.165) is 44.0 Å². The highest BCUT2D eigenvalue weighted by molar-refractivity contribution is 8.18. The van der Waals surface area contributed by atoms with E-state index in [-0.39, 0.29) is 5.91 Å². The van der Waals surface area contributed by atoms with Gasteiger partial charge in [0.05, 0.1) is 10.6 Å². The molecular formula is C27H21Cl2N3OS. The van der Waals surface area contributed by atoms with Gasteiger partial charge in [0.15, 0.2) is 5.17 Å². The highest BCUT2D eigenvalue weighted by Crippen LogP contribution is 2.34. The number of amidine groups is 1. The Balaban J connectivity index is 1.52. The molecule has 34 heavy (non-hydrogen) atoms. The first-order chi connectivity index (χ1) is 16.4. The molecule has 1 aliphatic heterocycles. The van der Waals surface area contributed by atoms with E-state index >= 15 is 0 Å². The molecule has 1 N–H and O–H groups in total. The largest absolute Gasteiger partial charge is 0.340 e. The van der Waals surface area contributed by atoms with Crippen LogP contribution in [-0.2, 0) is 11.3 Å². The maximum Gasteiger partial charge on any atom is 0.264 e. The zero-order valence-electron chi connectivity index (χ0n) is 18.6. The number of hydrogen-bond acceptors (Lipinski definition) is 3. The van der Waals surface area contributed by atoms with E-state index in [1.165, 1.54) is 11.8 Å². The number of carbonyl (C=O) groups excluding carboxylic acids is 1.